The van der Waals surface area contributed by atoms with E-state index in [4.69, 9.17) is 21.6 Å². The van der Waals surface area contributed by atoms with Crippen LogP contribution in [0.5, 0.6) is 5.75 Å². The van der Waals surface area contributed by atoms with Crippen LogP contribution >= 0.6 is 11.6 Å². The highest BCUT2D eigenvalue weighted by Gasteiger charge is 2.22. The number of hydrogen-bond acceptors (Lipinski definition) is 3. The zero-order chi connectivity index (χ0) is 15.0. The zero-order valence-electron chi connectivity index (χ0n) is 11.8. The van der Waals surface area contributed by atoms with Crippen molar-refractivity contribution in [1.29, 1.82) is 5.26 Å². The molecule has 0 N–H and O–H groups in total. The van der Waals surface area contributed by atoms with E-state index in [0.29, 0.717) is 36.9 Å². The predicted octanol–water partition coefficient (Wildman–Crippen LogP) is 3.12. The smallest absolute Gasteiger partial charge is 0.240 e. The van der Waals surface area contributed by atoms with E-state index in [2.05, 4.69) is 6.07 Å². The number of benzene rings is 1. The van der Waals surface area contributed by atoms with E-state index >= 15 is 0 Å². The highest BCUT2D eigenvalue weighted by atomic mass is 35.5. The largest absolute Gasteiger partial charge is 0.494 e. The molecular formula is C15H19ClN2O2. The molecule has 0 aliphatic heterocycles. The Hall–Kier alpha value is -1.73. The fourth-order valence-electron chi connectivity index (χ4n) is 1.82. The molecule has 108 valence electrons. The van der Waals surface area contributed by atoms with Crippen molar-refractivity contribution in [2.75, 3.05) is 19.7 Å². The molecule has 20 heavy (non-hydrogen) atoms. The van der Waals surface area contributed by atoms with Gasteiger partial charge < -0.3 is 9.64 Å². The van der Waals surface area contributed by atoms with Crippen molar-refractivity contribution in [3.63, 3.8) is 0 Å². The summed E-state index contributed by atoms with van der Waals surface area (Å²) in [4.78, 5) is 13.7. The van der Waals surface area contributed by atoms with Gasteiger partial charge in [-0.2, -0.15) is 5.26 Å². The summed E-state index contributed by atoms with van der Waals surface area (Å²) in [6, 6.07) is 9.05. The van der Waals surface area contributed by atoms with Crippen LogP contribution in [-0.2, 0) is 4.79 Å². The Morgan fingerprint density at radius 3 is 2.45 bits per heavy atom. The molecule has 1 aromatic rings. The lowest BCUT2D eigenvalue weighted by Crippen LogP contribution is -2.36. The van der Waals surface area contributed by atoms with Crippen molar-refractivity contribution in [1.82, 2.24) is 4.90 Å². The molecular weight excluding hydrogens is 276 g/mol. The molecule has 0 aromatic heterocycles. The fraction of sp³-hybridized carbons (Fsp3) is 0.467. The molecule has 1 atom stereocenters. The summed E-state index contributed by atoms with van der Waals surface area (Å²) in [6.45, 7) is 5.37. The first kappa shape index (κ1) is 16.3. The molecule has 0 fully saturated rings. The molecule has 0 aliphatic rings. The predicted molar refractivity (Wildman–Crippen MR) is 78.6 cm³/mol. The summed E-state index contributed by atoms with van der Waals surface area (Å²) < 4.78 is 5.51. The molecule has 0 spiro atoms. The lowest BCUT2D eigenvalue weighted by Gasteiger charge is -2.21. The number of hydrogen-bond donors (Lipinski definition) is 0. The minimum Gasteiger partial charge on any atom is -0.494 e. The van der Waals surface area contributed by atoms with E-state index in [1.807, 2.05) is 13.8 Å². The third-order valence-electron chi connectivity index (χ3n) is 3.02. The SMILES string of the molecule is CCN(CC)C(=O)C(C#N)CCOc1ccc(Cl)cc1. The van der Waals surface area contributed by atoms with Gasteiger partial charge in [0.2, 0.25) is 5.91 Å². The van der Waals surface area contributed by atoms with Crippen LogP contribution in [0.1, 0.15) is 20.3 Å². The summed E-state index contributed by atoms with van der Waals surface area (Å²) in [5, 5.41) is 9.74. The number of amides is 1. The van der Waals surface area contributed by atoms with Crippen LogP contribution in [0, 0.1) is 17.2 Å². The topological polar surface area (TPSA) is 53.3 Å². The number of ether oxygens (including phenoxy) is 1. The standard InChI is InChI=1S/C15H19ClN2O2/c1-3-18(4-2)15(19)12(11-17)9-10-20-14-7-5-13(16)6-8-14/h5-8,12H,3-4,9-10H2,1-2H3. The molecule has 0 radical (unpaired) electrons. The van der Waals surface area contributed by atoms with Crippen molar-refractivity contribution < 1.29 is 9.53 Å². The minimum absolute atomic E-state index is 0.128. The van der Waals surface area contributed by atoms with Crippen LogP contribution in [0.25, 0.3) is 0 Å². The Morgan fingerprint density at radius 1 is 1.35 bits per heavy atom. The number of carbonyl (C=O) groups is 1. The van der Waals surface area contributed by atoms with Gasteiger partial charge in [-0.05, 0) is 38.1 Å². The van der Waals surface area contributed by atoms with Crippen molar-refractivity contribution in [3.05, 3.63) is 29.3 Å². The van der Waals surface area contributed by atoms with Gasteiger partial charge in [-0.15, -0.1) is 0 Å². The number of nitrogens with zero attached hydrogens (tertiary/aromatic N) is 2. The Labute approximate surface area is 124 Å². The number of halogens is 1. The van der Waals surface area contributed by atoms with Crippen LogP contribution in [0.3, 0.4) is 0 Å². The monoisotopic (exact) mass is 294 g/mol. The highest BCUT2D eigenvalue weighted by molar-refractivity contribution is 6.30. The molecule has 0 saturated carbocycles. The molecule has 0 aliphatic carbocycles. The molecule has 5 heteroatoms. The van der Waals surface area contributed by atoms with Crippen molar-refractivity contribution in [2.24, 2.45) is 5.92 Å². The van der Waals surface area contributed by atoms with E-state index in [-0.39, 0.29) is 5.91 Å². The Kier molecular flexibility index (Phi) is 6.89. The second-order valence-electron chi connectivity index (χ2n) is 4.28. The van der Waals surface area contributed by atoms with Crippen LogP contribution in [0.15, 0.2) is 24.3 Å². The Balaban J connectivity index is 2.48. The molecule has 1 unspecified atom stereocenters. The van der Waals surface area contributed by atoms with Gasteiger partial charge in [-0.3, -0.25) is 4.79 Å². The average Bonchev–Trinajstić information content (AvgIpc) is 2.46. The number of nitriles is 1. The van der Waals surface area contributed by atoms with Gasteiger partial charge in [0.25, 0.3) is 0 Å². The quantitative estimate of drug-likeness (QED) is 0.776. The fourth-order valence-corrected chi connectivity index (χ4v) is 1.95. The van der Waals surface area contributed by atoms with E-state index in [0.717, 1.165) is 0 Å². The molecule has 0 heterocycles. The first-order chi connectivity index (χ1) is 9.62. The first-order valence-corrected chi connectivity index (χ1v) is 7.06. The number of carbonyl (C=O) groups excluding carboxylic acids is 1. The summed E-state index contributed by atoms with van der Waals surface area (Å²) in [6.07, 6.45) is 0.383. The molecule has 1 amide bonds. The van der Waals surface area contributed by atoms with E-state index in [9.17, 15) is 4.79 Å². The summed E-state index contributed by atoms with van der Waals surface area (Å²) in [5.41, 5.74) is 0. The third kappa shape index (κ3) is 4.75. The Bertz CT molecular complexity index is 464. The van der Waals surface area contributed by atoms with Gasteiger partial charge in [0.15, 0.2) is 0 Å². The van der Waals surface area contributed by atoms with Gasteiger partial charge in [0, 0.05) is 24.5 Å². The molecule has 0 saturated heterocycles. The maximum absolute atomic E-state index is 12.1. The van der Waals surface area contributed by atoms with Gasteiger partial charge in [0.05, 0.1) is 12.7 Å². The lowest BCUT2D eigenvalue weighted by atomic mass is 10.1. The van der Waals surface area contributed by atoms with Crippen LogP contribution in [0.4, 0.5) is 0 Å². The highest BCUT2D eigenvalue weighted by Crippen LogP contribution is 2.16. The number of rotatable bonds is 7. The third-order valence-corrected chi connectivity index (χ3v) is 3.27. The maximum atomic E-state index is 12.1. The van der Waals surface area contributed by atoms with Gasteiger partial charge in [0.1, 0.15) is 11.7 Å². The van der Waals surface area contributed by atoms with Gasteiger partial charge in [-0.1, -0.05) is 11.6 Å². The van der Waals surface area contributed by atoms with Gasteiger partial charge >= 0.3 is 0 Å². The van der Waals surface area contributed by atoms with Crippen molar-refractivity contribution >= 4 is 17.5 Å². The van der Waals surface area contributed by atoms with Crippen molar-refractivity contribution in [2.45, 2.75) is 20.3 Å². The molecule has 1 rings (SSSR count). The summed E-state index contributed by atoms with van der Waals surface area (Å²) in [7, 11) is 0. The van der Waals surface area contributed by atoms with E-state index in [1.54, 1.807) is 29.2 Å². The normalized spacial score (nSPS) is 11.5. The van der Waals surface area contributed by atoms with Crippen LogP contribution in [0.2, 0.25) is 5.02 Å². The lowest BCUT2D eigenvalue weighted by molar-refractivity contribution is -0.133. The van der Waals surface area contributed by atoms with E-state index < -0.39 is 5.92 Å². The summed E-state index contributed by atoms with van der Waals surface area (Å²) in [5.74, 6) is -0.0965. The zero-order valence-corrected chi connectivity index (χ0v) is 12.6. The van der Waals surface area contributed by atoms with Crippen molar-refractivity contribution in [3.8, 4) is 11.8 Å². The van der Waals surface area contributed by atoms with Gasteiger partial charge in [-0.25, -0.2) is 0 Å². The average molecular weight is 295 g/mol. The minimum atomic E-state index is -0.651. The van der Waals surface area contributed by atoms with Crippen LogP contribution in [-0.4, -0.2) is 30.5 Å². The maximum Gasteiger partial charge on any atom is 0.240 e. The van der Waals surface area contributed by atoms with E-state index in [1.165, 1.54) is 0 Å². The molecule has 4 nitrogen and oxygen atoms in total. The summed E-state index contributed by atoms with van der Waals surface area (Å²) >= 11 is 5.78. The Morgan fingerprint density at radius 2 is 1.95 bits per heavy atom. The van der Waals surface area contributed by atoms with Crippen LogP contribution < -0.4 is 4.74 Å². The second-order valence-corrected chi connectivity index (χ2v) is 4.72. The molecule has 1 aromatic carbocycles. The first-order valence-electron chi connectivity index (χ1n) is 6.69. The molecule has 0 bridgehead atoms. The second kappa shape index (κ2) is 8.44.